The first-order valence-electron chi connectivity index (χ1n) is 8.90. The summed E-state index contributed by atoms with van der Waals surface area (Å²) in [5, 5.41) is 0.691. The third-order valence-electron chi connectivity index (χ3n) is 5.03. The van der Waals surface area contributed by atoms with Crippen molar-refractivity contribution in [2.45, 2.75) is 57.2 Å². The smallest absolute Gasteiger partial charge is 0.237 e. The number of hydrogen-bond acceptors (Lipinski definition) is 3. The highest BCUT2D eigenvalue weighted by molar-refractivity contribution is 6.30. The second-order valence-electron chi connectivity index (χ2n) is 7.10. The monoisotopic (exact) mass is 350 g/mol. The van der Waals surface area contributed by atoms with Gasteiger partial charge in [0.2, 0.25) is 5.91 Å². The van der Waals surface area contributed by atoms with Crippen molar-refractivity contribution >= 4 is 17.5 Å². The molecule has 0 unspecified atom stereocenters. The van der Waals surface area contributed by atoms with Crippen LogP contribution in [0, 0.1) is 0 Å². The van der Waals surface area contributed by atoms with Gasteiger partial charge >= 0.3 is 0 Å². The maximum absolute atomic E-state index is 12.9. The fourth-order valence-corrected chi connectivity index (χ4v) is 3.97. The normalized spacial score (nSPS) is 18.2. The molecule has 2 aliphatic rings. The molecule has 2 saturated carbocycles. The number of hydrogen-bond donors (Lipinski definition) is 0. The van der Waals surface area contributed by atoms with E-state index in [0.29, 0.717) is 30.2 Å². The van der Waals surface area contributed by atoms with Crippen LogP contribution in [0.25, 0.3) is 0 Å². The second-order valence-corrected chi connectivity index (χ2v) is 7.54. The van der Waals surface area contributed by atoms with Crippen molar-refractivity contribution < 1.29 is 9.53 Å². The summed E-state index contributed by atoms with van der Waals surface area (Å²) in [4.78, 5) is 17.1. The number of nitrogens with zero attached hydrogens (tertiary/aromatic N) is 2. The summed E-state index contributed by atoms with van der Waals surface area (Å²) >= 11 is 6.10. The van der Waals surface area contributed by atoms with Crippen molar-refractivity contribution in [2.24, 2.45) is 0 Å². The fraction of sp³-hybridized carbons (Fsp3) is 0.632. The minimum atomic E-state index is 0.271. The van der Waals surface area contributed by atoms with Gasteiger partial charge in [-0.2, -0.15) is 0 Å². The Morgan fingerprint density at radius 2 is 1.88 bits per heavy atom. The van der Waals surface area contributed by atoms with Crippen LogP contribution in [0.5, 0.6) is 5.75 Å². The number of carbonyl (C=O) groups is 1. The van der Waals surface area contributed by atoms with Gasteiger partial charge in [0.15, 0.2) is 0 Å². The summed E-state index contributed by atoms with van der Waals surface area (Å²) in [6.07, 6.45) is 7.22. The number of rotatable bonds is 7. The highest BCUT2D eigenvalue weighted by Crippen LogP contribution is 2.34. The molecule has 2 fully saturated rings. The van der Waals surface area contributed by atoms with Crippen LogP contribution in [-0.2, 0) is 11.3 Å². The molecule has 5 heteroatoms. The number of amides is 1. The molecule has 24 heavy (non-hydrogen) atoms. The Hall–Kier alpha value is -1.26. The minimum absolute atomic E-state index is 0.271. The lowest BCUT2D eigenvalue weighted by Crippen LogP contribution is -2.45. The molecule has 0 spiro atoms. The number of ether oxygens (including phenoxy) is 1. The van der Waals surface area contributed by atoms with Crippen LogP contribution in [0.4, 0.5) is 0 Å². The molecule has 0 aliphatic heterocycles. The number of methoxy groups -OCH3 is 1. The molecule has 2 aliphatic carbocycles. The van der Waals surface area contributed by atoms with Crippen molar-refractivity contribution in [3.8, 4) is 5.75 Å². The Kier molecular flexibility index (Phi) is 5.67. The summed E-state index contributed by atoms with van der Waals surface area (Å²) in [7, 11) is 3.64. The highest BCUT2D eigenvalue weighted by Gasteiger charge is 2.38. The average molecular weight is 351 g/mol. The van der Waals surface area contributed by atoms with E-state index in [2.05, 4.69) is 9.80 Å². The predicted octanol–water partition coefficient (Wildman–Crippen LogP) is 3.71. The van der Waals surface area contributed by atoms with E-state index in [-0.39, 0.29) is 5.91 Å². The van der Waals surface area contributed by atoms with E-state index in [1.165, 1.54) is 38.5 Å². The third kappa shape index (κ3) is 4.22. The maximum atomic E-state index is 12.9. The number of likely N-dealkylation sites (N-methyl/N-ethyl adjacent to an activating group) is 1. The fourth-order valence-electron chi connectivity index (χ4n) is 3.77. The Labute approximate surface area is 149 Å². The van der Waals surface area contributed by atoms with Crippen molar-refractivity contribution in [3.05, 3.63) is 28.8 Å². The lowest BCUT2D eigenvalue weighted by atomic mass is 10.1. The molecule has 0 atom stereocenters. The molecule has 0 aromatic heterocycles. The van der Waals surface area contributed by atoms with E-state index < -0.39 is 0 Å². The van der Waals surface area contributed by atoms with Crippen LogP contribution in [0.2, 0.25) is 5.02 Å². The summed E-state index contributed by atoms with van der Waals surface area (Å²) in [5.41, 5.74) is 1.01. The van der Waals surface area contributed by atoms with Gasteiger partial charge < -0.3 is 9.64 Å². The van der Waals surface area contributed by atoms with Gasteiger partial charge in [-0.3, -0.25) is 9.69 Å². The number of carbonyl (C=O) groups excluding carboxylic acids is 1. The quantitative estimate of drug-likeness (QED) is 0.751. The molecule has 1 aromatic carbocycles. The topological polar surface area (TPSA) is 32.8 Å². The van der Waals surface area contributed by atoms with Gasteiger partial charge in [0.25, 0.3) is 0 Å². The molecule has 4 nitrogen and oxygen atoms in total. The van der Waals surface area contributed by atoms with Crippen molar-refractivity contribution in [1.82, 2.24) is 9.80 Å². The van der Waals surface area contributed by atoms with Crippen LogP contribution in [-0.4, -0.2) is 48.5 Å². The summed E-state index contributed by atoms with van der Waals surface area (Å²) in [5.74, 6) is 1.08. The molecule has 0 heterocycles. The Balaban J connectivity index is 1.62. The third-order valence-corrected chi connectivity index (χ3v) is 5.27. The van der Waals surface area contributed by atoms with E-state index in [1.807, 2.05) is 25.2 Å². The van der Waals surface area contributed by atoms with E-state index in [4.69, 9.17) is 16.3 Å². The van der Waals surface area contributed by atoms with Crippen LogP contribution in [0.3, 0.4) is 0 Å². The first kappa shape index (κ1) is 17.6. The van der Waals surface area contributed by atoms with Gasteiger partial charge in [0.05, 0.1) is 13.7 Å². The van der Waals surface area contributed by atoms with Gasteiger partial charge in [-0.05, 0) is 50.9 Å². The first-order chi connectivity index (χ1) is 11.6. The van der Waals surface area contributed by atoms with E-state index in [9.17, 15) is 4.79 Å². The maximum Gasteiger partial charge on any atom is 0.237 e. The first-order valence-corrected chi connectivity index (χ1v) is 9.28. The zero-order valence-corrected chi connectivity index (χ0v) is 15.4. The molecule has 3 rings (SSSR count). The van der Waals surface area contributed by atoms with E-state index >= 15 is 0 Å². The molecule has 0 saturated heterocycles. The van der Waals surface area contributed by atoms with Gasteiger partial charge in [-0.25, -0.2) is 0 Å². The Morgan fingerprint density at radius 1 is 1.21 bits per heavy atom. The lowest BCUT2D eigenvalue weighted by molar-refractivity contribution is -0.135. The van der Waals surface area contributed by atoms with Crippen molar-refractivity contribution in [1.29, 1.82) is 0 Å². The average Bonchev–Trinajstić information content (AvgIpc) is 3.21. The second kappa shape index (κ2) is 7.75. The van der Waals surface area contributed by atoms with Gasteiger partial charge in [-0.15, -0.1) is 0 Å². The molecule has 0 radical (unpaired) electrons. The number of halogens is 1. The number of benzene rings is 1. The molecule has 1 amide bonds. The molecular formula is C19H27ClN2O2. The molecule has 132 valence electrons. The largest absolute Gasteiger partial charge is 0.496 e. The van der Waals surface area contributed by atoms with Crippen molar-refractivity contribution in [3.63, 3.8) is 0 Å². The lowest BCUT2D eigenvalue weighted by Gasteiger charge is -2.31. The summed E-state index contributed by atoms with van der Waals surface area (Å²) < 4.78 is 5.40. The minimum Gasteiger partial charge on any atom is -0.496 e. The van der Waals surface area contributed by atoms with Crippen LogP contribution >= 0.6 is 11.6 Å². The molecule has 1 aromatic rings. The Morgan fingerprint density at radius 3 is 2.50 bits per heavy atom. The van der Waals surface area contributed by atoms with E-state index in [1.54, 1.807) is 7.11 Å². The summed E-state index contributed by atoms with van der Waals surface area (Å²) in [6, 6.07) is 6.58. The van der Waals surface area contributed by atoms with Crippen molar-refractivity contribution in [2.75, 3.05) is 20.7 Å². The standard InChI is InChI=1S/C19H27ClN2O2/c1-21(12-14-11-15(20)7-10-18(14)24-2)13-19(23)22(17-8-9-17)16-5-3-4-6-16/h7,10-11,16-17H,3-6,8-9,12-13H2,1-2H3. The van der Waals surface area contributed by atoms with E-state index in [0.717, 1.165) is 11.3 Å². The SMILES string of the molecule is COc1ccc(Cl)cc1CN(C)CC(=O)N(C1CCCC1)C1CC1. The molecule has 0 bridgehead atoms. The molecular weight excluding hydrogens is 324 g/mol. The zero-order chi connectivity index (χ0) is 17.1. The van der Waals surface area contributed by atoms with Crippen LogP contribution < -0.4 is 4.74 Å². The predicted molar refractivity (Wildman–Crippen MR) is 96.5 cm³/mol. The van der Waals surface area contributed by atoms with Crippen LogP contribution in [0.1, 0.15) is 44.1 Å². The van der Waals surface area contributed by atoms with Crippen LogP contribution in [0.15, 0.2) is 18.2 Å². The molecule has 0 N–H and O–H groups in total. The van der Waals surface area contributed by atoms with Gasteiger partial charge in [0, 0.05) is 29.2 Å². The Bertz CT molecular complexity index is 583. The zero-order valence-electron chi connectivity index (χ0n) is 14.6. The van der Waals surface area contributed by atoms with Gasteiger partial charge in [-0.1, -0.05) is 24.4 Å². The van der Waals surface area contributed by atoms with Gasteiger partial charge in [0.1, 0.15) is 5.75 Å². The highest BCUT2D eigenvalue weighted by atomic mass is 35.5. The summed E-state index contributed by atoms with van der Waals surface area (Å²) in [6.45, 7) is 1.10.